The number of rotatable bonds is 2. The molecule has 0 aliphatic carbocycles. The summed E-state index contributed by atoms with van der Waals surface area (Å²) < 4.78 is 0. The zero-order valence-electron chi connectivity index (χ0n) is 9.78. The summed E-state index contributed by atoms with van der Waals surface area (Å²) in [4.78, 5) is 13.9. The molecule has 4 heteroatoms. The SMILES string of the molecule is CCC.CCc1cc(C)ncc1[N+](=O)[O-]. The molecule has 4 nitrogen and oxygen atoms in total. The maximum absolute atomic E-state index is 10.5. The standard InChI is InChI=1S/C8H10N2O2.C3H8/c1-3-7-4-6(2)9-5-8(7)10(11)12;1-3-2/h4-5H,3H2,1-2H3;3H2,1-2H3. The number of nitrogens with zero attached hydrogens (tertiary/aromatic N) is 2. The predicted octanol–water partition coefficient (Wildman–Crippen LogP) is 3.28. The van der Waals surface area contributed by atoms with Crippen molar-refractivity contribution in [3.8, 4) is 0 Å². The van der Waals surface area contributed by atoms with E-state index in [9.17, 15) is 10.1 Å². The minimum absolute atomic E-state index is 0.114. The maximum atomic E-state index is 10.5. The van der Waals surface area contributed by atoms with E-state index in [1.807, 2.05) is 13.8 Å². The Morgan fingerprint density at radius 2 is 1.93 bits per heavy atom. The normalized spacial score (nSPS) is 9.07. The van der Waals surface area contributed by atoms with E-state index in [1.165, 1.54) is 12.6 Å². The van der Waals surface area contributed by atoms with Gasteiger partial charge in [-0.1, -0.05) is 27.2 Å². The molecular weight excluding hydrogens is 192 g/mol. The summed E-state index contributed by atoms with van der Waals surface area (Å²) in [5, 5.41) is 10.5. The Labute approximate surface area is 90.5 Å². The van der Waals surface area contributed by atoms with Gasteiger partial charge in [-0.05, 0) is 19.4 Å². The van der Waals surface area contributed by atoms with Crippen LogP contribution in [0.25, 0.3) is 0 Å². The van der Waals surface area contributed by atoms with Crippen LogP contribution in [0.4, 0.5) is 5.69 Å². The molecule has 15 heavy (non-hydrogen) atoms. The molecule has 0 aliphatic heterocycles. The molecule has 0 aliphatic rings. The van der Waals surface area contributed by atoms with Crippen molar-refractivity contribution >= 4 is 5.69 Å². The Hall–Kier alpha value is -1.45. The number of nitro groups is 1. The van der Waals surface area contributed by atoms with Gasteiger partial charge in [-0.15, -0.1) is 0 Å². The van der Waals surface area contributed by atoms with Gasteiger partial charge in [0, 0.05) is 11.3 Å². The van der Waals surface area contributed by atoms with Gasteiger partial charge in [0.2, 0.25) is 0 Å². The van der Waals surface area contributed by atoms with Gasteiger partial charge in [0.05, 0.1) is 4.92 Å². The van der Waals surface area contributed by atoms with Crippen molar-refractivity contribution in [2.24, 2.45) is 0 Å². The van der Waals surface area contributed by atoms with Gasteiger partial charge in [0.25, 0.3) is 5.69 Å². The molecule has 0 radical (unpaired) electrons. The van der Waals surface area contributed by atoms with Gasteiger partial charge in [0.15, 0.2) is 0 Å². The second-order valence-electron chi connectivity index (χ2n) is 3.27. The lowest BCUT2D eigenvalue weighted by atomic mass is 10.1. The highest BCUT2D eigenvalue weighted by atomic mass is 16.6. The summed E-state index contributed by atoms with van der Waals surface area (Å²) in [5.74, 6) is 0. The minimum atomic E-state index is -0.398. The minimum Gasteiger partial charge on any atom is -0.258 e. The van der Waals surface area contributed by atoms with Crippen LogP contribution in [-0.4, -0.2) is 9.91 Å². The van der Waals surface area contributed by atoms with E-state index in [1.54, 1.807) is 6.07 Å². The van der Waals surface area contributed by atoms with Crippen LogP contribution in [0.15, 0.2) is 12.3 Å². The Bertz CT molecular complexity index is 324. The lowest BCUT2D eigenvalue weighted by molar-refractivity contribution is -0.385. The van der Waals surface area contributed by atoms with E-state index in [4.69, 9.17) is 0 Å². The van der Waals surface area contributed by atoms with E-state index in [0.29, 0.717) is 6.42 Å². The van der Waals surface area contributed by atoms with E-state index in [2.05, 4.69) is 18.8 Å². The number of aryl methyl sites for hydroxylation is 2. The summed E-state index contributed by atoms with van der Waals surface area (Å²) >= 11 is 0. The summed E-state index contributed by atoms with van der Waals surface area (Å²) in [6.45, 7) is 7.96. The van der Waals surface area contributed by atoms with E-state index in [0.717, 1.165) is 11.3 Å². The first-order valence-corrected chi connectivity index (χ1v) is 5.16. The number of hydrogen-bond donors (Lipinski definition) is 0. The monoisotopic (exact) mass is 210 g/mol. The molecule has 1 heterocycles. The zero-order chi connectivity index (χ0) is 11.8. The second kappa shape index (κ2) is 6.92. The Morgan fingerprint density at radius 3 is 2.33 bits per heavy atom. The molecule has 1 aromatic rings. The van der Waals surface area contributed by atoms with Crippen molar-refractivity contribution in [3.63, 3.8) is 0 Å². The second-order valence-corrected chi connectivity index (χ2v) is 3.27. The van der Waals surface area contributed by atoms with Crippen molar-refractivity contribution in [1.29, 1.82) is 0 Å². The fourth-order valence-corrected chi connectivity index (χ4v) is 1.06. The third kappa shape index (κ3) is 4.54. The van der Waals surface area contributed by atoms with Gasteiger partial charge in [-0.2, -0.15) is 0 Å². The van der Waals surface area contributed by atoms with Crippen LogP contribution in [-0.2, 0) is 6.42 Å². The third-order valence-electron chi connectivity index (χ3n) is 1.68. The van der Waals surface area contributed by atoms with Crippen LogP contribution in [0.5, 0.6) is 0 Å². The maximum Gasteiger partial charge on any atom is 0.290 e. The smallest absolute Gasteiger partial charge is 0.258 e. The van der Waals surface area contributed by atoms with E-state index in [-0.39, 0.29) is 5.69 Å². The Balaban J connectivity index is 0.000000583. The molecule has 0 aromatic carbocycles. The van der Waals surface area contributed by atoms with Crippen LogP contribution >= 0.6 is 0 Å². The van der Waals surface area contributed by atoms with E-state index >= 15 is 0 Å². The highest BCUT2D eigenvalue weighted by Crippen LogP contribution is 2.17. The molecule has 0 amide bonds. The number of pyridine rings is 1. The van der Waals surface area contributed by atoms with Gasteiger partial charge in [-0.3, -0.25) is 15.1 Å². The molecule has 1 rings (SSSR count). The number of aromatic nitrogens is 1. The summed E-state index contributed by atoms with van der Waals surface area (Å²) in [7, 11) is 0. The molecular formula is C11H18N2O2. The van der Waals surface area contributed by atoms with Gasteiger partial charge in [0.1, 0.15) is 6.20 Å². The lowest BCUT2D eigenvalue weighted by Gasteiger charge is -1.99. The fourth-order valence-electron chi connectivity index (χ4n) is 1.06. The molecule has 0 saturated carbocycles. The predicted molar refractivity (Wildman–Crippen MR) is 61.0 cm³/mol. The first kappa shape index (κ1) is 13.5. The molecule has 0 saturated heterocycles. The first-order valence-electron chi connectivity index (χ1n) is 5.16. The third-order valence-corrected chi connectivity index (χ3v) is 1.68. The molecule has 0 unspecified atom stereocenters. The lowest BCUT2D eigenvalue weighted by Crippen LogP contribution is -1.96. The summed E-state index contributed by atoms with van der Waals surface area (Å²) in [5.41, 5.74) is 1.67. The molecule has 0 fully saturated rings. The molecule has 0 spiro atoms. The molecule has 0 atom stereocenters. The van der Waals surface area contributed by atoms with E-state index < -0.39 is 4.92 Å². The molecule has 0 bridgehead atoms. The van der Waals surface area contributed by atoms with Gasteiger partial charge in [-0.25, -0.2) is 0 Å². The fraction of sp³-hybridized carbons (Fsp3) is 0.545. The summed E-state index contributed by atoms with van der Waals surface area (Å²) in [6.07, 6.45) is 3.23. The first-order chi connectivity index (χ1) is 7.06. The highest BCUT2D eigenvalue weighted by molar-refractivity contribution is 5.38. The van der Waals surface area contributed by atoms with Crippen molar-refractivity contribution in [1.82, 2.24) is 4.98 Å². The Kier molecular flexibility index (Phi) is 6.25. The van der Waals surface area contributed by atoms with Crippen molar-refractivity contribution in [2.75, 3.05) is 0 Å². The van der Waals surface area contributed by atoms with Gasteiger partial charge >= 0.3 is 0 Å². The molecule has 84 valence electrons. The molecule has 0 N–H and O–H groups in total. The average Bonchev–Trinajstić information content (AvgIpc) is 2.18. The van der Waals surface area contributed by atoms with Crippen LogP contribution in [0.3, 0.4) is 0 Å². The van der Waals surface area contributed by atoms with Crippen LogP contribution < -0.4 is 0 Å². The zero-order valence-corrected chi connectivity index (χ0v) is 9.78. The number of hydrogen-bond acceptors (Lipinski definition) is 3. The summed E-state index contributed by atoms with van der Waals surface area (Å²) in [6, 6.07) is 1.75. The Morgan fingerprint density at radius 1 is 1.40 bits per heavy atom. The quantitative estimate of drug-likeness (QED) is 0.556. The highest BCUT2D eigenvalue weighted by Gasteiger charge is 2.11. The van der Waals surface area contributed by atoms with Crippen LogP contribution in [0.1, 0.15) is 38.4 Å². The topological polar surface area (TPSA) is 56.0 Å². The van der Waals surface area contributed by atoms with Gasteiger partial charge < -0.3 is 0 Å². The van der Waals surface area contributed by atoms with Crippen molar-refractivity contribution in [2.45, 2.75) is 40.5 Å². The largest absolute Gasteiger partial charge is 0.290 e. The van der Waals surface area contributed by atoms with Crippen LogP contribution in [0, 0.1) is 17.0 Å². The van der Waals surface area contributed by atoms with Crippen molar-refractivity contribution < 1.29 is 4.92 Å². The molecule has 1 aromatic heterocycles. The van der Waals surface area contributed by atoms with Crippen molar-refractivity contribution in [3.05, 3.63) is 33.6 Å². The average molecular weight is 210 g/mol. The van der Waals surface area contributed by atoms with Crippen LogP contribution in [0.2, 0.25) is 0 Å².